The Morgan fingerprint density at radius 1 is 1.40 bits per heavy atom. The molecule has 2 rings (SSSR count). The molecule has 0 spiro atoms. The van der Waals surface area contributed by atoms with E-state index < -0.39 is 37.2 Å². The molecule has 0 aliphatic carbocycles. The highest BCUT2D eigenvalue weighted by atomic mass is 19.4. The highest BCUT2D eigenvalue weighted by Gasteiger charge is 2.42. The number of alkyl halides is 3. The zero-order chi connectivity index (χ0) is 14.9. The molecule has 20 heavy (non-hydrogen) atoms. The molecule has 1 aliphatic rings. The van der Waals surface area contributed by atoms with E-state index in [1.807, 2.05) is 0 Å². The van der Waals surface area contributed by atoms with Crippen molar-refractivity contribution in [2.75, 3.05) is 18.0 Å². The summed E-state index contributed by atoms with van der Waals surface area (Å²) in [7, 11) is 0. The first-order valence-corrected chi connectivity index (χ1v) is 6.18. The second-order valence-corrected chi connectivity index (χ2v) is 4.65. The number of ether oxygens (including phenoxy) is 1. The minimum absolute atomic E-state index is 0.346. The zero-order valence-electron chi connectivity index (χ0n) is 10.9. The van der Waals surface area contributed by atoms with Crippen molar-refractivity contribution < 1.29 is 22.7 Å². The average molecular weight is 288 g/mol. The standard InChI is InChI=1S/C13H15F3N2O2/c1-8-12(19)18(7-9(6-17)13(14,15)16)10-4-2-3-5-11(10)20-8/h2-5,8-9H,6-7,17H2,1H3. The topological polar surface area (TPSA) is 55.6 Å². The Kier molecular flexibility index (Phi) is 3.89. The summed E-state index contributed by atoms with van der Waals surface area (Å²) in [4.78, 5) is 13.2. The summed E-state index contributed by atoms with van der Waals surface area (Å²) in [5.74, 6) is -1.85. The number of amides is 1. The van der Waals surface area contributed by atoms with E-state index in [1.165, 1.54) is 6.92 Å². The van der Waals surface area contributed by atoms with Gasteiger partial charge in [-0.05, 0) is 19.1 Å². The molecule has 2 unspecified atom stereocenters. The number of anilines is 1. The Balaban J connectivity index is 2.32. The Morgan fingerprint density at radius 3 is 2.65 bits per heavy atom. The Labute approximate surface area is 114 Å². The predicted octanol–water partition coefficient (Wildman–Crippen LogP) is 1.94. The van der Waals surface area contributed by atoms with Crippen molar-refractivity contribution in [3.8, 4) is 5.75 Å². The van der Waals surface area contributed by atoms with Crippen LogP contribution in [0.4, 0.5) is 18.9 Å². The molecule has 0 aromatic heterocycles. The van der Waals surface area contributed by atoms with Gasteiger partial charge in [-0.2, -0.15) is 13.2 Å². The lowest BCUT2D eigenvalue weighted by Gasteiger charge is -2.35. The maximum Gasteiger partial charge on any atom is 0.394 e. The second kappa shape index (κ2) is 5.32. The van der Waals surface area contributed by atoms with Crippen LogP contribution in [-0.2, 0) is 4.79 Å². The van der Waals surface area contributed by atoms with Crippen molar-refractivity contribution in [3.63, 3.8) is 0 Å². The van der Waals surface area contributed by atoms with Gasteiger partial charge in [-0.15, -0.1) is 0 Å². The lowest BCUT2D eigenvalue weighted by molar-refractivity contribution is -0.169. The smallest absolute Gasteiger partial charge is 0.394 e. The second-order valence-electron chi connectivity index (χ2n) is 4.65. The number of nitrogens with two attached hydrogens (primary N) is 1. The van der Waals surface area contributed by atoms with Crippen molar-refractivity contribution in [1.82, 2.24) is 0 Å². The zero-order valence-corrected chi connectivity index (χ0v) is 10.9. The summed E-state index contributed by atoms with van der Waals surface area (Å²) in [6.07, 6.45) is -5.25. The molecule has 2 atom stereocenters. The van der Waals surface area contributed by atoms with Gasteiger partial charge in [0.25, 0.3) is 5.91 Å². The first-order valence-electron chi connectivity index (χ1n) is 6.18. The summed E-state index contributed by atoms with van der Waals surface area (Å²) < 4.78 is 43.9. The highest BCUT2D eigenvalue weighted by Crippen LogP contribution is 2.36. The van der Waals surface area contributed by atoms with E-state index in [4.69, 9.17) is 10.5 Å². The van der Waals surface area contributed by atoms with E-state index in [2.05, 4.69) is 0 Å². The van der Waals surface area contributed by atoms with Gasteiger partial charge in [0.05, 0.1) is 11.6 Å². The summed E-state index contributed by atoms with van der Waals surface area (Å²) in [6, 6.07) is 6.52. The number of carbonyl (C=O) groups excluding carboxylic acids is 1. The maximum atomic E-state index is 12.8. The molecular weight excluding hydrogens is 273 g/mol. The van der Waals surface area contributed by atoms with E-state index >= 15 is 0 Å². The summed E-state index contributed by atoms with van der Waals surface area (Å²) in [6.45, 7) is 0.449. The van der Waals surface area contributed by atoms with Crippen LogP contribution in [0.1, 0.15) is 6.92 Å². The SMILES string of the molecule is CC1Oc2ccccc2N(CC(CN)C(F)(F)F)C1=O. The first kappa shape index (κ1) is 14.6. The monoisotopic (exact) mass is 288 g/mol. The molecule has 4 nitrogen and oxygen atoms in total. The lowest BCUT2D eigenvalue weighted by atomic mass is 10.1. The van der Waals surface area contributed by atoms with E-state index in [0.717, 1.165) is 4.90 Å². The molecule has 1 aromatic rings. The van der Waals surface area contributed by atoms with Crippen molar-refractivity contribution in [2.45, 2.75) is 19.2 Å². The van der Waals surface area contributed by atoms with Crippen LogP contribution >= 0.6 is 0 Å². The number of fused-ring (bicyclic) bond motifs is 1. The van der Waals surface area contributed by atoms with Crippen LogP contribution < -0.4 is 15.4 Å². The van der Waals surface area contributed by atoms with Gasteiger partial charge in [0.1, 0.15) is 5.75 Å². The van der Waals surface area contributed by atoms with Crippen LogP contribution in [0.15, 0.2) is 24.3 Å². The van der Waals surface area contributed by atoms with Crippen molar-refractivity contribution in [3.05, 3.63) is 24.3 Å². The number of carbonyl (C=O) groups is 1. The number of hydrogen-bond acceptors (Lipinski definition) is 3. The van der Waals surface area contributed by atoms with Gasteiger partial charge in [0, 0.05) is 13.1 Å². The minimum atomic E-state index is -4.44. The van der Waals surface area contributed by atoms with Crippen LogP contribution in [0, 0.1) is 5.92 Å². The molecule has 110 valence electrons. The van der Waals surface area contributed by atoms with Crippen molar-refractivity contribution in [2.24, 2.45) is 11.7 Å². The van der Waals surface area contributed by atoms with Gasteiger partial charge < -0.3 is 15.4 Å². The largest absolute Gasteiger partial charge is 0.479 e. The first-order chi connectivity index (χ1) is 9.34. The molecule has 2 N–H and O–H groups in total. The fourth-order valence-electron chi connectivity index (χ4n) is 2.08. The predicted molar refractivity (Wildman–Crippen MR) is 67.5 cm³/mol. The number of benzene rings is 1. The third-order valence-corrected chi connectivity index (χ3v) is 3.22. The van der Waals surface area contributed by atoms with E-state index in [1.54, 1.807) is 24.3 Å². The normalized spacial score (nSPS) is 20.4. The fourth-order valence-corrected chi connectivity index (χ4v) is 2.08. The minimum Gasteiger partial charge on any atom is -0.479 e. The number of nitrogens with zero attached hydrogens (tertiary/aromatic N) is 1. The van der Waals surface area contributed by atoms with Crippen LogP contribution in [0.2, 0.25) is 0 Å². The number of hydrogen-bond donors (Lipinski definition) is 1. The van der Waals surface area contributed by atoms with Crippen LogP contribution in [0.3, 0.4) is 0 Å². The maximum absolute atomic E-state index is 12.8. The molecule has 1 heterocycles. The molecule has 0 saturated carbocycles. The molecule has 1 aromatic carbocycles. The number of rotatable bonds is 3. The van der Waals surface area contributed by atoms with Crippen LogP contribution in [-0.4, -0.2) is 31.3 Å². The molecular formula is C13H15F3N2O2. The van der Waals surface area contributed by atoms with Crippen molar-refractivity contribution in [1.29, 1.82) is 0 Å². The Bertz CT molecular complexity index is 505. The lowest BCUT2D eigenvalue weighted by Crippen LogP contribution is -2.49. The number of halogens is 3. The van der Waals surface area contributed by atoms with Gasteiger partial charge in [-0.1, -0.05) is 12.1 Å². The molecule has 0 bridgehead atoms. The van der Waals surface area contributed by atoms with E-state index in [0.29, 0.717) is 11.4 Å². The summed E-state index contributed by atoms with van der Waals surface area (Å²) in [5.41, 5.74) is 5.53. The molecule has 7 heteroatoms. The van der Waals surface area contributed by atoms with Crippen LogP contribution in [0.25, 0.3) is 0 Å². The van der Waals surface area contributed by atoms with Gasteiger partial charge in [-0.3, -0.25) is 4.79 Å². The highest BCUT2D eigenvalue weighted by molar-refractivity contribution is 5.99. The summed E-state index contributed by atoms with van der Waals surface area (Å²) in [5, 5.41) is 0. The third kappa shape index (κ3) is 2.72. The van der Waals surface area contributed by atoms with Crippen LogP contribution in [0.5, 0.6) is 5.75 Å². The quantitative estimate of drug-likeness (QED) is 0.924. The molecule has 0 saturated heterocycles. The van der Waals surface area contributed by atoms with E-state index in [9.17, 15) is 18.0 Å². The van der Waals surface area contributed by atoms with Gasteiger partial charge >= 0.3 is 6.18 Å². The molecule has 1 amide bonds. The van der Waals surface area contributed by atoms with Gasteiger partial charge in [0.2, 0.25) is 0 Å². The molecule has 1 aliphatic heterocycles. The average Bonchev–Trinajstić information content (AvgIpc) is 2.38. The molecule has 0 radical (unpaired) electrons. The van der Waals surface area contributed by atoms with Gasteiger partial charge in [0.15, 0.2) is 6.10 Å². The fraction of sp³-hybridized carbons (Fsp3) is 0.462. The molecule has 0 fully saturated rings. The van der Waals surface area contributed by atoms with Gasteiger partial charge in [-0.25, -0.2) is 0 Å². The van der Waals surface area contributed by atoms with Crippen molar-refractivity contribution >= 4 is 11.6 Å². The van der Waals surface area contributed by atoms with E-state index in [-0.39, 0.29) is 0 Å². The summed E-state index contributed by atoms with van der Waals surface area (Å²) >= 11 is 0. The number of para-hydroxylation sites is 2. The third-order valence-electron chi connectivity index (χ3n) is 3.22. The Morgan fingerprint density at radius 2 is 2.05 bits per heavy atom. The Hall–Kier alpha value is -1.76.